The molecule has 2 N–H and O–H groups in total. The lowest BCUT2D eigenvalue weighted by Gasteiger charge is -2.12. The molecule has 0 bridgehead atoms. The highest BCUT2D eigenvalue weighted by molar-refractivity contribution is 6.30. The van der Waals surface area contributed by atoms with Gasteiger partial charge in [-0.05, 0) is 24.6 Å². The summed E-state index contributed by atoms with van der Waals surface area (Å²) in [4.78, 5) is 0. The van der Waals surface area contributed by atoms with Crippen LogP contribution >= 0.6 is 11.6 Å². The molecule has 0 saturated carbocycles. The number of nitrogens with zero attached hydrogens (tertiary/aromatic N) is 2. The Kier molecular flexibility index (Phi) is 4.58. The van der Waals surface area contributed by atoms with Crippen LogP contribution in [-0.2, 0) is 13.6 Å². The van der Waals surface area contributed by atoms with Gasteiger partial charge in [0.05, 0.1) is 11.8 Å². The Morgan fingerprint density at radius 1 is 1.37 bits per heavy atom. The number of hydrogen-bond donors (Lipinski definition) is 2. The summed E-state index contributed by atoms with van der Waals surface area (Å²) < 4.78 is 1.79. The van der Waals surface area contributed by atoms with Crippen molar-refractivity contribution in [3.63, 3.8) is 0 Å². The topological polar surface area (TPSA) is 50.1 Å². The van der Waals surface area contributed by atoms with Gasteiger partial charge in [0.25, 0.3) is 0 Å². The second-order valence-corrected chi connectivity index (χ2v) is 5.05. The molecule has 0 spiro atoms. The van der Waals surface area contributed by atoms with Gasteiger partial charge in [-0.2, -0.15) is 5.10 Å². The van der Waals surface area contributed by atoms with Gasteiger partial charge in [0.2, 0.25) is 0 Å². The molecule has 0 radical (unpaired) electrons. The number of nitrogens with one attached hydrogen (secondary N) is 1. The molecule has 2 rings (SSSR count). The molecule has 1 heterocycles. The summed E-state index contributed by atoms with van der Waals surface area (Å²) in [6, 6.07) is 7.24. The number of aromatic nitrogens is 2. The van der Waals surface area contributed by atoms with Crippen molar-refractivity contribution in [1.29, 1.82) is 0 Å². The maximum atomic E-state index is 10.0. The van der Waals surface area contributed by atoms with E-state index in [1.54, 1.807) is 16.8 Å². The van der Waals surface area contributed by atoms with Crippen LogP contribution in [0.5, 0.6) is 0 Å². The first-order valence-electron chi connectivity index (χ1n) is 6.19. The van der Waals surface area contributed by atoms with Gasteiger partial charge in [-0.1, -0.05) is 23.7 Å². The number of rotatable bonds is 5. The summed E-state index contributed by atoms with van der Waals surface area (Å²) >= 11 is 5.81. The zero-order valence-electron chi connectivity index (χ0n) is 11.1. The van der Waals surface area contributed by atoms with E-state index in [-0.39, 0.29) is 0 Å². The van der Waals surface area contributed by atoms with Gasteiger partial charge in [-0.25, -0.2) is 0 Å². The first-order chi connectivity index (χ1) is 9.06. The Morgan fingerprint density at radius 3 is 2.63 bits per heavy atom. The number of halogens is 1. The molecule has 1 aromatic heterocycles. The average Bonchev–Trinajstić information content (AvgIpc) is 2.68. The molecular formula is C14H18ClN3O. The van der Waals surface area contributed by atoms with Gasteiger partial charge in [-0.15, -0.1) is 0 Å². The monoisotopic (exact) mass is 279 g/mol. The van der Waals surface area contributed by atoms with Crippen molar-refractivity contribution in [2.24, 2.45) is 7.05 Å². The minimum atomic E-state index is -0.533. The van der Waals surface area contributed by atoms with Gasteiger partial charge in [0.1, 0.15) is 0 Å². The van der Waals surface area contributed by atoms with Gasteiger partial charge in [0.15, 0.2) is 0 Å². The Hall–Kier alpha value is -1.36. The van der Waals surface area contributed by atoms with E-state index in [0.717, 1.165) is 16.8 Å². The normalized spacial score (nSPS) is 12.6. The molecule has 0 saturated heterocycles. The second kappa shape index (κ2) is 6.19. The lowest BCUT2D eigenvalue weighted by molar-refractivity contribution is 0.174. The SMILES string of the molecule is Cc1nn(C)cc1CNCC(O)c1ccc(Cl)cc1. The highest BCUT2D eigenvalue weighted by atomic mass is 35.5. The van der Waals surface area contributed by atoms with E-state index >= 15 is 0 Å². The van der Waals surface area contributed by atoms with Crippen molar-refractivity contribution < 1.29 is 5.11 Å². The minimum absolute atomic E-state index is 0.496. The third kappa shape index (κ3) is 3.80. The molecule has 0 aliphatic rings. The van der Waals surface area contributed by atoms with E-state index in [9.17, 15) is 5.11 Å². The van der Waals surface area contributed by atoms with Crippen LogP contribution in [0, 0.1) is 6.92 Å². The van der Waals surface area contributed by atoms with E-state index in [1.165, 1.54) is 0 Å². The lowest BCUT2D eigenvalue weighted by Crippen LogP contribution is -2.21. The summed E-state index contributed by atoms with van der Waals surface area (Å²) in [6.07, 6.45) is 1.45. The number of benzene rings is 1. The molecule has 0 fully saturated rings. The predicted molar refractivity (Wildman–Crippen MR) is 76.1 cm³/mol. The van der Waals surface area contributed by atoms with Gasteiger partial charge in [0, 0.05) is 36.9 Å². The first kappa shape index (κ1) is 14.1. The van der Waals surface area contributed by atoms with Crippen molar-refractivity contribution >= 4 is 11.6 Å². The first-order valence-corrected chi connectivity index (χ1v) is 6.57. The van der Waals surface area contributed by atoms with Crippen LogP contribution in [0.1, 0.15) is 22.9 Å². The zero-order valence-corrected chi connectivity index (χ0v) is 11.9. The predicted octanol–water partition coefficient (Wildman–Crippen LogP) is 2.21. The Morgan fingerprint density at radius 2 is 2.05 bits per heavy atom. The molecule has 0 aliphatic heterocycles. The molecule has 0 amide bonds. The maximum absolute atomic E-state index is 10.0. The fraction of sp³-hybridized carbons (Fsp3) is 0.357. The highest BCUT2D eigenvalue weighted by Crippen LogP contribution is 2.16. The minimum Gasteiger partial charge on any atom is -0.387 e. The van der Waals surface area contributed by atoms with Crippen LogP contribution < -0.4 is 5.32 Å². The molecular weight excluding hydrogens is 262 g/mol. The Balaban J connectivity index is 1.85. The molecule has 102 valence electrons. The quantitative estimate of drug-likeness (QED) is 0.882. The Labute approximate surface area is 118 Å². The van der Waals surface area contributed by atoms with Crippen molar-refractivity contribution in [2.75, 3.05) is 6.54 Å². The zero-order chi connectivity index (χ0) is 13.8. The van der Waals surface area contributed by atoms with Crippen molar-refractivity contribution in [2.45, 2.75) is 19.6 Å². The molecule has 1 atom stereocenters. The molecule has 5 heteroatoms. The fourth-order valence-electron chi connectivity index (χ4n) is 1.97. The number of aryl methyl sites for hydroxylation is 2. The summed E-state index contributed by atoms with van der Waals surface area (Å²) in [6.45, 7) is 3.17. The van der Waals surface area contributed by atoms with Gasteiger partial charge in [-0.3, -0.25) is 4.68 Å². The molecule has 1 aromatic carbocycles. The van der Waals surface area contributed by atoms with Crippen LogP contribution in [0.2, 0.25) is 5.02 Å². The van der Waals surface area contributed by atoms with Gasteiger partial charge >= 0.3 is 0 Å². The molecule has 2 aromatic rings. The van der Waals surface area contributed by atoms with E-state index in [0.29, 0.717) is 18.1 Å². The molecule has 0 aliphatic carbocycles. The van der Waals surface area contributed by atoms with Crippen molar-refractivity contribution in [3.05, 3.63) is 52.3 Å². The highest BCUT2D eigenvalue weighted by Gasteiger charge is 2.08. The third-order valence-electron chi connectivity index (χ3n) is 3.02. The maximum Gasteiger partial charge on any atom is 0.0914 e. The largest absolute Gasteiger partial charge is 0.387 e. The second-order valence-electron chi connectivity index (χ2n) is 4.61. The third-order valence-corrected chi connectivity index (χ3v) is 3.28. The van der Waals surface area contributed by atoms with E-state index in [2.05, 4.69) is 10.4 Å². The summed E-state index contributed by atoms with van der Waals surface area (Å²) in [5.74, 6) is 0. The van der Waals surface area contributed by atoms with Crippen LogP contribution in [0.15, 0.2) is 30.5 Å². The molecule has 4 nitrogen and oxygen atoms in total. The summed E-state index contributed by atoms with van der Waals surface area (Å²) in [5, 5.41) is 18.2. The molecule has 1 unspecified atom stereocenters. The van der Waals surface area contributed by atoms with E-state index < -0.39 is 6.10 Å². The van der Waals surface area contributed by atoms with Crippen LogP contribution in [-0.4, -0.2) is 21.4 Å². The molecule has 19 heavy (non-hydrogen) atoms. The number of aliphatic hydroxyl groups excluding tert-OH is 1. The number of aliphatic hydroxyl groups is 1. The summed E-state index contributed by atoms with van der Waals surface area (Å²) in [7, 11) is 1.90. The van der Waals surface area contributed by atoms with Crippen molar-refractivity contribution in [1.82, 2.24) is 15.1 Å². The number of hydrogen-bond acceptors (Lipinski definition) is 3. The van der Waals surface area contributed by atoms with E-state index in [1.807, 2.05) is 32.3 Å². The van der Waals surface area contributed by atoms with Crippen LogP contribution in [0.3, 0.4) is 0 Å². The van der Waals surface area contributed by atoms with Crippen molar-refractivity contribution in [3.8, 4) is 0 Å². The average molecular weight is 280 g/mol. The Bertz CT molecular complexity index is 536. The summed E-state index contributed by atoms with van der Waals surface area (Å²) in [5.41, 5.74) is 3.02. The van der Waals surface area contributed by atoms with E-state index in [4.69, 9.17) is 11.6 Å². The van der Waals surface area contributed by atoms with Crippen LogP contribution in [0.4, 0.5) is 0 Å². The fourth-order valence-corrected chi connectivity index (χ4v) is 2.09. The smallest absolute Gasteiger partial charge is 0.0914 e. The standard InChI is InChI=1S/C14H18ClN3O/c1-10-12(9-18(2)17-10)7-16-8-14(19)11-3-5-13(15)6-4-11/h3-6,9,14,16,19H,7-8H2,1-2H3. The lowest BCUT2D eigenvalue weighted by atomic mass is 10.1. The van der Waals surface area contributed by atoms with Crippen LogP contribution in [0.25, 0.3) is 0 Å². The van der Waals surface area contributed by atoms with Gasteiger partial charge < -0.3 is 10.4 Å².